The van der Waals surface area contributed by atoms with Crippen molar-refractivity contribution in [1.82, 2.24) is 0 Å². The topological polar surface area (TPSA) is 78.9 Å². The molecule has 1 rings (SSSR count). The third-order valence-corrected chi connectivity index (χ3v) is 7.68. The van der Waals surface area contributed by atoms with Gasteiger partial charge in [-0.25, -0.2) is 14.4 Å². The fourth-order valence-corrected chi connectivity index (χ4v) is 4.53. The zero-order chi connectivity index (χ0) is 29.0. The van der Waals surface area contributed by atoms with Crippen LogP contribution in [0.4, 0.5) is 0 Å². The summed E-state index contributed by atoms with van der Waals surface area (Å²) in [5.41, 5.74) is 0.411. The van der Waals surface area contributed by atoms with Crippen LogP contribution in [0, 0.1) is 17.8 Å². The van der Waals surface area contributed by atoms with Crippen molar-refractivity contribution in [2.75, 3.05) is 19.8 Å². The lowest BCUT2D eigenvalue weighted by atomic mass is 10.00. The van der Waals surface area contributed by atoms with Crippen LogP contribution in [0.25, 0.3) is 0 Å². The molecule has 39 heavy (non-hydrogen) atoms. The Morgan fingerprint density at radius 1 is 0.564 bits per heavy atom. The number of unbranched alkanes of at least 4 members (excludes halogenated alkanes) is 3. The van der Waals surface area contributed by atoms with E-state index in [4.69, 9.17) is 14.2 Å². The molecule has 6 heteroatoms. The number of esters is 3. The van der Waals surface area contributed by atoms with Crippen LogP contribution < -0.4 is 0 Å². The highest BCUT2D eigenvalue weighted by molar-refractivity contribution is 6.05. The Morgan fingerprint density at radius 2 is 0.949 bits per heavy atom. The maximum absolute atomic E-state index is 13.2. The summed E-state index contributed by atoms with van der Waals surface area (Å²) in [5.74, 6) is -0.837. The maximum Gasteiger partial charge on any atom is 0.339 e. The van der Waals surface area contributed by atoms with Crippen LogP contribution in [0.1, 0.15) is 150 Å². The highest BCUT2D eigenvalue weighted by Gasteiger charge is 2.24. The van der Waals surface area contributed by atoms with E-state index in [1.807, 2.05) is 0 Å². The van der Waals surface area contributed by atoms with Crippen LogP contribution in [0.2, 0.25) is 0 Å². The Balaban J connectivity index is 3.10. The van der Waals surface area contributed by atoms with Crippen molar-refractivity contribution in [3.63, 3.8) is 0 Å². The van der Waals surface area contributed by atoms with Crippen molar-refractivity contribution in [3.8, 4) is 0 Å². The third-order valence-electron chi connectivity index (χ3n) is 7.68. The minimum atomic E-state index is -0.612. The quantitative estimate of drug-likeness (QED) is 0.113. The van der Waals surface area contributed by atoms with Gasteiger partial charge in [-0.3, -0.25) is 0 Å². The molecule has 0 aliphatic heterocycles. The molecule has 0 amide bonds. The molecule has 0 aliphatic rings. The second kappa shape index (κ2) is 20.5. The van der Waals surface area contributed by atoms with Gasteiger partial charge < -0.3 is 14.2 Å². The van der Waals surface area contributed by atoms with Crippen LogP contribution in [-0.4, -0.2) is 37.7 Å². The first kappa shape index (κ1) is 34.7. The standard InChI is InChI=1S/C33H54O6/c1-7-13-16-25(10-4)22-37-31(34)28-19-20-29(32(35)38-23-26(11-5)17-14-8-2)30(21-28)33(36)39-24-27(12-6)18-15-9-3/h19-21,25-27H,7-18,22-24H2,1-6H3/t25-,26+,27+/m0/s1. The molecule has 0 aromatic heterocycles. The van der Waals surface area contributed by atoms with Gasteiger partial charge in [-0.05, 0) is 55.2 Å². The number of hydrogen-bond acceptors (Lipinski definition) is 6. The summed E-state index contributed by atoms with van der Waals surface area (Å²) in [6.45, 7) is 13.6. The predicted octanol–water partition coefficient (Wildman–Crippen LogP) is 8.81. The van der Waals surface area contributed by atoms with Crippen molar-refractivity contribution >= 4 is 17.9 Å². The molecule has 0 spiro atoms. The minimum absolute atomic E-state index is 0.0550. The monoisotopic (exact) mass is 546 g/mol. The molecule has 0 unspecified atom stereocenters. The summed E-state index contributed by atoms with van der Waals surface area (Å²) in [7, 11) is 0. The van der Waals surface area contributed by atoms with E-state index in [0.29, 0.717) is 19.1 Å². The summed E-state index contributed by atoms with van der Waals surface area (Å²) in [4.78, 5) is 39.2. The summed E-state index contributed by atoms with van der Waals surface area (Å²) in [5, 5.41) is 0. The molecule has 3 atom stereocenters. The van der Waals surface area contributed by atoms with E-state index in [1.165, 1.54) is 18.2 Å². The predicted molar refractivity (Wildman–Crippen MR) is 157 cm³/mol. The molecular weight excluding hydrogens is 492 g/mol. The average molecular weight is 547 g/mol. The Labute approximate surface area is 237 Å². The van der Waals surface area contributed by atoms with Crippen molar-refractivity contribution in [1.29, 1.82) is 0 Å². The Morgan fingerprint density at radius 3 is 1.33 bits per heavy atom. The second-order valence-corrected chi connectivity index (χ2v) is 10.8. The number of ether oxygens (including phenoxy) is 3. The smallest absolute Gasteiger partial charge is 0.339 e. The molecule has 0 saturated carbocycles. The van der Waals surface area contributed by atoms with Crippen molar-refractivity contribution in [3.05, 3.63) is 34.9 Å². The minimum Gasteiger partial charge on any atom is -0.462 e. The van der Waals surface area contributed by atoms with Crippen molar-refractivity contribution < 1.29 is 28.6 Å². The molecule has 222 valence electrons. The van der Waals surface area contributed by atoms with Crippen molar-refractivity contribution in [2.24, 2.45) is 17.8 Å². The largest absolute Gasteiger partial charge is 0.462 e. The lowest BCUT2D eigenvalue weighted by Crippen LogP contribution is -2.20. The Hall–Kier alpha value is -2.37. The molecule has 1 aromatic carbocycles. The molecule has 0 saturated heterocycles. The van der Waals surface area contributed by atoms with E-state index in [0.717, 1.165) is 77.0 Å². The van der Waals surface area contributed by atoms with Gasteiger partial charge in [-0.2, -0.15) is 0 Å². The summed E-state index contributed by atoms with van der Waals surface area (Å²) in [6, 6.07) is 4.45. The normalized spacial score (nSPS) is 13.4. The zero-order valence-electron chi connectivity index (χ0n) is 25.5. The van der Waals surface area contributed by atoms with Gasteiger partial charge in [0, 0.05) is 0 Å². The Kier molecular flexibility index (Phi) is 18.2. The SMILES string of the molecule is CCCC[C@@H](CC)COC(=O)c1ccc(C(=O)OC[C@@H](CC)CCCC)cc1C(=O)OC[C@H](CC)CCCC. The van der Waals surface area contributed by atoms with E-state index >= 15 is 0 Å². The van der Waals surface area contributed by atoms with Gasteiger partial charge in [0.25, 0.3) is 0 Å². The molecule has 6 nitrogen and oxygen atoms in total. The fourth-order valence-electron chi connectivity index (χ4n) is 4.53. The van der Waals surface area contributed by atoms with Gasteiger partial charge in [0.15, 0.2) is 0 Å². The number of carbonyl (C=O) groups excluding carboxylic acids is 3. The van der Waals surface area contributed by atoms with E-state index < -0.39 is 17.9 Å². The van der Waals surface area contributed by atoms with E-state index in [-0.39, 0.29) is 35.1 Å². The van der Waals surface area contributed by atoms with Gasteiger partial charge in [0.05, 0.1) is 36.5 Å². The number of carbonyl (C=O) groups is 3. The summed E-state index contributed by atoms with van der Waals surface area (Å²) in [6.07, 6.45) is 12.3. The first-order chi connectivity index (χ1) is 18.8. The van der Waals surface area contributed by atoms with Gasteiger partial charge in [0.1, 0.15) is 0 Å². The lowest BCUT2D eigenvalue weighted by Gasteiger charge is -2.18. The molecule has 0 N–H and O–H groups in total. The molecular formula is C33H54O6. The first-order valence-corrected chi connectivity index (χ1v) is 15.5. The van der Waals surface area contributed by atoms with Crippen LogP contribution in [0.5, 0.6) is 0 Å². The first-order valence-electron chi connectivity index (χ1n) is 15.5. The van der Waals surface area contributed by atoms with E-state index in [9.17, 15) is 14.4 Å². The molecule has 1 aromatic rings. The molecule has 0 fully saturated rings. The number of hydrogen-bond donors (Lipinski definition) is 0. The van der Waals surface area contributed by atoms with E-state index in [2.05, 4.69) is 41.5 Å². The van der Waals surface area contributed by atoms with Gasteiger partial charge in [0.2, 0.25) is 0 Å². The average Bonchev–Trinajstić information content (AvgIpc) is 2.96. The third kappa shape index (κ3) is 13.0. The van der Waals surface area contributed by atoms with Gasteiger partial charge in [-0.1, -0.05) is 99.3 Å². The number of rotatable bonds is 21. The summed E-state index contributed by atoms with van der Waals surface area (Å²) < 4.78 is 16.9. The van der Waals surface area contributed by atoms with Crippen molar-refractivity contribution in [2.45, 2.75) is 119 Å². The molecule has 0 radical (unpaired) electrons. The van der Waals surface area contributed by atoms with Crippen LogP contribution in [-0.2, 0) is 14.2 Å². The van der Waals surface area contributed by atoms with Gasteiger partial charge in [-0.15, -0.1) is 0 Å². The van der Waals surface area contributed by atoms with Gasteiger partial charge >= 0.3 is 17.9 Å². The lowest BCUT2D eigenvalue weighted by molar-refractivity contribution is 0.0379. The highest BCUT2D eigenvalue weighted by atomic mass is 16.5. The maximum atomic E-state index is 13.2. The zero-order valence-corrected chi connectivity index (χ0v) is 25.5. The highest BCUT2D eigenvalue weighted by Crippen LogP contribution is 2.21. The molecule has 0 bridgehead atoms. The Bertz CT molecular complexity index is 849. The number of benzene rings is 1. The van der Waals surface area contributed by atoms with E-state index in [1.54, 1.807) is 0 Å². The molecule has 0 aliphatic carbocycles. The van der Waals surface area contributed by atoms with Crippen LogP contribution in [0.15, 0.2) is 18.2 Å². The van der Waals surface area contributed by atoms with Crippen LogP contribution >= 0.6 is 0 Å². The summed E-state index contributed by atoms with van der Waals surface area (Å²) >= 11 is 0. The second-order valence-electron chi connectivity index (χ2n) is 10.8. The fraction of sp³-hybridized carbons (Fsp3) is 0.727. The van der Waals surface area contributed by atoms with Crippen LogP contribution in [0.3, 0.4) is 0 Å². The molecule has 0 heterocycles.